The van der Waals surface area contributed by atoms with Crippen LogP contribution >= 0.6 is 0 Å². The van der Waals surface area contributed by atoms with E-state index in [9.17, 15) is 0 Å². The van der Waals surface area contributed by atoms with Gasteiger partial charge in [-0.2, -0.15) is 10.2 Å². The second-order valence-corrected chi connectivity index (χ2v) is 6.61. The van der Waals surface area contributed by atoms with Crippen molar-refractivity contribution in [1.29, 1.82) is 5.53 Å². The molecule has 1 aromatic carbocycles. The van der Waals surface area contributed by atoms with E-state index in [-0.39, 0.29) is 5.95 Å². The molecule has 0 saturated carbocycles. The maximum absolute atomic E-state index is 7.59. The number of anilines is 1. The first kappa shape index (κ1) is 18.8. The van der Waals surface area contributed by atoms with Gasteiger partial charge in [0.25, 0.3) is 0 Å². The largest absolute Gasteiger partial charge is 0.494 e. The van der Waals surface area contributed by atoms with Crippen LogP contribution in [0.4, 0.5) is 5.95 Å². The highest BCUT2D eigenvalue weighted by Gasteiger charge is 2.18. The van der Waals surface area contributed by atoms with Crippen molar-refractivity contribution in [3.05, 3.63) is 48.1 Å². The molecule has 0 amide bonds. The van der Waals surface area contributed by atoms with E-state index in [1.165, 1.54) is 0 Å². The van der Waals surface area contributed by atoms with Gasteiger partial charge in [0.1, 0.15) is 22.7 Å². The molecule has 29 heavy (non-hydrogen) atoms. The third-order valence-electron chi connectivity index (χ3n) is 4.76. The van der Waals surface area contributed by atoms with Crippen molar-refractivity contribution in [2.24, 2.45) is 5.11 Å². The van der Waals surface area contributed by atoms with Crippen LogP contribution in [0.5, 0.6) is 5.75 Å². The Kier molecular flexibility index (Phi) is 5.34. The van der Waals surface area contributed by atoms with Gasteiger partial charge in [-0.05, 0) is 18.6 Å². The van der Waals surface area contributed by atoms with Crippen molar-refractivity contribution < 1.29 is 9.47 Å². The van der Waals surface area contributed by atoms with Crippen molar-refractivity contribution >= 4 is 22.5 Å². The molecule has 0 spiro atoms. The molecule has 0 unspecified atom stereocenters. The molecule has 1 aliphatic heterocycles. The highest BCUT2D eigenvalue weighted by atomic mass is 16.5. The number of hydrogen-bond donors (Lipinski definition) is 3. The van der Waals surface area contributed by atoms with Crippen molar-refractivity contribution in [2.75, 3.05) is 26.1 Å². The zero-order valence-corrected chi connectivity index (χ0v) is 16.0. The molecular weight excluding hydrogens is 372 g/mol. The summed E-state index contributed by atoms with van der Waals surface area (Å²) in [6.07, 6.45) is 4.56. The summed E-state index contributed by atoms with van der Waals surface area (Å²) in [6.45, 7) is 1.96. The van der Waals surface area contributed by atoms with Gasteiger partial charge in [-0.3, -0.25) is 4.68 Å². The third-order valence-corrected chi connectivity index (χ3v) is 4.76. The van der Waals surface area contributed by atoms with Crippen LogP contribution in [-0.2, 0) is 11.3 Å². The summed E-state index contributed by atoms with van der Waals surface area (Å²) >= 11 is 0. The number of nitrogens with zero attached hydrogens (tertiary/aromatic N) is 5. The number of ether oxygens (including phenoxy) is 2. The Hall–Kier alpha value is -3.53. The molecule has 4 rings (SSSR count). The maximum Gasteiger partial charge on any atom is 0.221 e. The lowest BCUT2D eigenvalue weighted by atomic mass is 10.1. The molecule has 10 heteroatoms. The first-order valence-corrected chi connectivity index (χ1v) is 9.23. The van der Waals surface area contributed by atoms with Gasteiger partial charge in [-0.25, -0.2) is 15.5 Å². The molecule has 150 valence electrons. The van der Waals surface area contributed by atoms with E-state index in [4.69, 9.17) is 20.7 Å². The third kappa shape index (κ3) is 3.87. The van der Waals surface area contributed by atoms with Gasteiger partial charge in [-0.1, -0.05) is 12.1 Å². The second kappa shape index (κ2) is 8.23. The van der Waals surface area contributed by atoms with Crippen molar-refractivity contribution in [2.45, 2.75) is 19.0 Å². The van der Waals surface area contributed by atoms with E-state index in [0.29, 0.717) is 47.2 Å². The molecule has 2 aromatic heterocycles. The molecule has 3 aromatic rings. The van der Waals surface area contributed by atoms with Gasteiger partial charge in [-0.15, -0.1) is 0 Å². The molecular formula is C19H22N8O2. The fourth-order valence-corrected chi connectivity index (χ4v) is 3.31. The number of benzene rings is 1. The lowest BCUT2D eigenvalue weighted by Gasteiger charge is -2.09. The molecule has 0 radical (unpaired) electrons. The van der Waals surface area contributed by atoms with Crippen LogP contribution in [0.25, 0.3) is 16.6 Å². The SMILES string of the molecule is COc1cccc2c(/C(=C/NCc3ccn([C@@H]4CCOC4)n3)N=N)nc(N)nc12. The smallest absolute Gasteiger partial charge is 0.221 e. The molecule has 10 nitrogen and oxygen atoms in total. The number of para-hydroxylation sites is 1. The zero-order chi connectivity index (χ0) is 20.2. The lowest BCUT2D eigenvalue weighted by Crippen LogP contribution is -2.11. The van der Waals surface area contributed by atoms with Gasteiger partial charge < -0.3 is 20.5 Å². The number of nitrogen functional groups attached to an aromatic ring is 1. The summed E-state index contributed by atoms with van der Waals surface area (Å²) in [5, 5.41) is 12.1. The van der Waals surface area contributed by atoms with Crippen LogP contribution in [0.2, 0.25) is 0 Å². The van der Waals surface area contributed by atoms with E-state index in [0.717, 1.165) is 18.7 Å². The van der Waals surface area contributed by atoms with E-state index >= 15 is 0 Å². The average Bonchev–Trinajstić information content (AvgIpc) is 3.42. The minimum Gasteiger partial charge on any atom is -0.494 e. The average molecular weight is 394 g/mol. The second-order valence-electron chi connectivity index (χ2n) is 6.61. The summed E-state index contributed by atoms with van der Waals surface area (Å²) in [4.78, 5) is 8.55. The van der Waals surface area contributed by atoms with Gasteiger partial charge in [0.05, 0.1) is 32.0 Å². The van der Waals surface area contributed by atoms with Crippen LogP contribution in [0.1, 0.15) is 23.9 Å². The molecule has 1 atom stereocenters. The minimum atomic E-state index is 0.0871. The summed E-state index contributed by atoms with van der Waals surface area (Å²) < 4.78 is 12.7. The quantitative estimate of drug-likeness (QED) is 0.524. The first-order valence-electron chi connectivity index (χ1n) is 9.23. The van der Waals surface area contributed by atoms with E-state index in [1.54, 1.807) is 19.4 Å². The minimum absolute atomic E-state index is 0.0871. The lowest BCUT2D eigenvalue weighted by molar-refractivity contribution is 0.184. The molecule has 1 aliphatic rings. The molecule has 1 saturated heterocycles. The van der Waals surface area contributed by atoms with Crippen LogP contribution in [-0.4, -0.2) is 40.1 Å². The normalized spacial score (nSPS) is 16.9. The number of fused-ring (bicyclic) bond motifs is 1. The Morgan fingerprint density at radius 1 is 1.45 bits per heavy atom. The summed E-state index contributed by atoms with van der Waals surface area (Å²) in [5.41, 5.74) is 15.7. The summed E-state index contributed by atoms with van der Waals surface area (Å²) in [5.74, 6) is 0.667. The Balaban J connectivity index is 1.56. The Labute approximate surface area is 167 Å². The van der Waals surface area contributed by atoms with E-state index in [2.05, 4.69) is 25.5 Å². The Morgan fingerprint density at radius 3 is 3.10 bits per heavy atom. The monoisotopic (exact) mass is 394 g/mol. The summed E-state index contributed by atoms with van der Waals surface area (Å²) in [6, 6.07) is 7.72. The fourth-order valence-electron chi connectivity index (χ4n) is 3.31. The molecule has 1 fully saturated rings. The molecule has 4 N–H and O–H groups in total. The predicted octanol–water partition coefficient (Wildman–Crippen LogP) is 2.50. The van der Waals surface area contributed by atoms with Crippen LogP contribution in [0, 0.1) is 5.53 Å². The highest BCUT2D eigenvalue weighted by Crippen LogP contribution is 2.29. The van der Waals surface area contributed by atoms with Crippen LogP contribution < -0.4 is 15.8 Å². The van der Waals surface area contributed by atoms with Gasteiger partial charge in [0.2, 0.25) is 5.95 Å². The standard InChI is InChI=1S/C19H22N8O2/c1-28-16-4-2-3-14-17(23-19(20)24-18(14)16)15(25-21)10-22-9-12-5-7-27(26-12)13-6-8-29-11-13/h2-5,7,10,13,21-22H,6,8-9,11H2,1H3,(H2,20,23,24)/b15-10-,25-21?/t13-/m1/s1. The van der Waals surface area contributed by atoms with Crippen molar-refractivity contribution in [3.63, 3.8) is 0 Å². The zero-order valence-electron chi connectivity index (χ0n) is 16.0. The van der Waals surface area contributed by atoms with Crippen LogP contribution in [0.3, 0.4) is 0 Å². The number of nitrogens with one attached hydrogen (secondary N) is 2. The number of aromatic nitrogens is 4. The maximum atomic E-state index is 7.59. The molecule has 0 bridgehead atoms. The van der Waals surface area contributed by atoms with Crippen molar-refractivity contribution in [1.82, 2.24) is 25.1 Å². The number of rotatable bonds is 7. The number of nitrogens with two attached hydrogens (primary N) is 1. The van der Waals surface area contributed by atoms with Gasteiger partial charge >= 0.3 is 0 Å². The number of methoxy groups -OCH3 is 1. The molecule has 0 aliphatic carbocycles. The van der Waals surface area contributed by atoms with E-state index < -0.39 is 0 Å². The number of hydrogen-bond acceptors (Lipinski definition) is 9. The van der Waals surface area contributed by atoms with Gasteiger partial charge in [0.15, 0.2) is 0 Å². The summed E-state index contributed by atoms with van der Waals surface area (Å²) in [7, 11) is 1.57. The van der Waals surface area contributed by atoms with Crippen molar-refractivity contribution in [3.8, 4) is 5.75 Å². The topological polar surface area (TPSA) is 136 Å². The predicted molar refractivity (Wildman–Crippen MR) is 107 cm³/mol. The highest BCUT2D eigenvalue weighted by molar-refractivity contribution is 5.93. The van der Waals surface area contributed by atoms with Crippen LogP contribution in [0.15, 0.2) is 41.8 Å². The Bertz CT molecular complexity index is 1060. The molecule has 3 heterocycles. The first-order chi connectivity index (χ1) is 14.2. The van der Waals surface area contributed by atoms with E-state index in [1.807, 2.05) is 29.1 Å². The van der Waals surface area contributed by atoms with Gasteiger partial charge in [0, 0.05) is 24.4 Å². The fraction of sp³-hybridized carbons (Fsp3) is 0.316. The Morgan fingerprint density at radius 2 is 2.34 bits per heavy atom.